The Labute approximate surface area is 147 Å². The second-order valence-corrected chi connectivity index (χ2v) is 6.11. The van der Waals surface area contributed by atoms with Crippen LogP contribution in [0.1, 0.15) is 10.4 Å². The zero-order valence-electron chi connectivity index (χ0n) is 14.0. The molecule has 1 heterocycles. The first kappa shape index (κ1) is 17.0. The van der Waals surface area contributed by atoms with Crippen LogP contribution in [0.5, 0.6) is 0 Å². The molecule has 0 unspecified atom stereocenters. The van der Waals surface area contributed by atoms with Crippen LogP contribution < -0.4 is 11.1 Å². The predicted molar refractivity (Wildman–Crippen MR) is 98.3 cm³/mol. The number of nitrogens with two attached hydrogens (primary N) is 1. The summed E-state index contributed by atoms with van der Waals surface area (Å²) in [5.74, 6) is -0.0532. The van der Waals surface area contributed by atoms with E-state index in [1.807, 2.05) is 30.3 Å². The SMILES string of the molecule is Nc1cccc(C(=O)N2CCN(CC(=O)Nc3ccccc3)CC2)c1. The van der Waals surface area contributed by atoms with Gasteiger partial charge in [-0.05, 0) is 30.3 Å². The summed E-state index contributed by atoms with van der Waals surface area (Å²) in [7, 11) is 0. The van der Waals surface area contributed by atoms with E-state index in [1.54, 1.807) is 29.2 Å². The molecular formula is C19H22N4O2. The molecule has 0 radical (unpaired) electrons. The lowest BCUT2D eigenvalue weighted by molar-refractivity contribution is -0.117. The maximum Gasteiger partial charge on any atom is 0.254 e. The van der Waals surface area contributed by atoms with E-state index < -0.39 is 0 Å². The van der Waals surface area contributed by atoms with Crippen molar-refractivity contribution in [2.75, 3.05) is 43.8 Å². The number of hydrogen-bond acceptors (Lipinski definition) is 4. The van der Waals surface area contributed by atoms with Gasteiger partial charge in [0.1, 0.15) is 0 Å². The van der Waals surface area contributed by atoms with Gasteiger partial charge in [0, 0.05) is 43.1 Å². The first-order valence-corrected chi connectivity index (χ1v) is 8.34. The molecule has 0 aliphatic carbocycles. The molecule has 130 valence electrons. The minimum absolute atomic E-state index is 0.0133. The Hall–Kier alpha value is -2.86. The van der Waals surface area contributed by atoms with Crippen LogP contribution in [-0.2, 0) is 4.79 Å². The molecule has 2 aromatic carbocycles. The average molecular weight is 338 g/mol. The van der Waals surface area contributed by atoms with Gasteiger partial charge in [-0.3, -0.25) is 14.5 Å². The molecule has 3 N–H and O–H groups in total. The number of anilines is 2. The highest BCUT2D eigenvalue weighted by Gasteiger charge is 2.23. The Kier molecular flexibility index (Phi) is 5.30. The van der Waals surface area contributed by atoms with Crippen LogP contribution >= 0.6 is 0 Å². The quantitative estimate of drug-likeness (QED) is 0.831. The molecule has 1 aliphatic rings. The summed E-state index contributed by atoms with van der Waals surface area (Å²) in [6, 6.07) is 16.4. The number of nitrogen functional groups attached to an aromatic ring is 1. The van der Waals surface area contributed by atoms with Gasteiger partial charge >= 0.3 is 0 Å². The Bertz CT molecular complexity index is 740. The first-order valence-electron chi connectivity index (χ1n) is 8.34. The monoisotopic (exact) mass is 338 g/mol. The molecule has 0 bridgehead atoms. The third-order valence-electron chi connectivity index (χ3n) is 4.22. The first-order chi connectivity index (χ1) is 12.1. The van der Waals surface area contributed by atoms with Gasteiger partial charge in [0.15, 0.2) is 0 Å². The summed E-state index contributed by atoms with van der Waals surface area (Å²) in [6.07, 6.45) is 0. The summed E-state index contributed by atoms with van der Waals surface area (Å²) in [5, 5.41) is 2.88. The van der Waals surface area contributed by atoms with Crippen LogP contribution in [0.2, 0.25) is 0 Å². The number of amides is 2. The summed E-state index contributed by atoms with van der Waals surface area (Å²) < 4.78 is 0. The number of rotatable bonds is 4. The van der Waals surface area contributed by atoms with Gasteiger partial charge in [0.05, 0.1) is 6.54 Å². The van der Waals surface area contributed by atoms with E-state index in [4.69, 9.17) is 5.73 Å². The van der Waals surface area contributed by atoms with Crippen LogP contribution in [0.15, 0.2) is 54.6 Å². The third-order valence-corrected chi connectivity index (χ3v) is 4.22. The number of nitrogens with one attached hydrogen (secondary N) is 1. The van der Waals surface area contributed by atoms with Crippen molar-refractivity contribution in [1.82, 2.24) is 9.80 Å². The number of benzene rings is 2. The molecular weight excluding hydrogens is 316 g/mol. The van der Waals surface area contributed by atoms with E-state index in [1.165, 1.54) is 0 Å². The molecule has 3 rings (SSSR count). The van der Waals surface area contributed by atoms with Crippen molar-refractivity contribution in [3.8, 4) is 0 Å². The van der Waals surface area contributed by atoms with E-state index in [0.29, 0.717) is 44.0 Å². The zero-order chi connectivity index (χ0) is 17.6. The molecule has 1 fully saturated rings. The number of piperazine rings is 1. The second kappa shape index (κ2) is 7.81. The lowest BCUT2D eigenvalue weighted by atomic mass is 10.1. The van der Waals surface area contributed by atoms with Crippen molar-refractivity contribution in [3.05, 3.63) is 60.2 Å². The fourth-order valence-corrected chi connectivity index (χ4v) is 2.89. The van der Waals surface area contributed by atoms with E-state index in [9.17, 15) is 9.59 Å². The van der Waals surface area contributed by atoms with Crippen molar-refractivity contribution in [1.29, 1.82) is 0 Å². The third kappa shape index (κ3) is 4.58. The molecule has 1 saturated heterocycles. The van der Waals surface area contributed by atoms with Gasteiger partial charge in [0.25, 0.3) is 5.91 Å². The highest BCUT2D eigenvalue weighted by molar-refractivity contribution is 5.95. The summed E-state index contributed by atoms with van der Waals surface area (Å²) in [6.45, 7) is 2.89. The Morgan fingerprint density at radius 2 is 1.68 bits per heavy atom. The van der Waals surface area contributed by atoms with Crippen LogP contribution in [0.25, 0.3) is 0 Å². The van der Waals surface area contributed by atoms with Gasteiger partial charge in [-0.2, -0.15) is 0 Å². The summed E-state index contributed by atoms with van der Waals surface area (Å²) in [4.78, 5) is 28.5. The van der Waals surface area contributed by atoms with Gasteiger partial charge in [-0.15, -0.1) is 0 Å². The van der Waals surface area contributed by atoms with Crippen LogP contribution in [0, 0.1) is 0 Å². The maximum absolute atomic E-state index is 12.5. The van der Waals surface area contributed by atoms with E-state index in [2.05, 4.69) is 10.2 Å². The Morgan fingerprint density at radius 3 is 2.36 bits per heavy atom. The summed E-state index contributed by atoms with van der Waals surface area (Å²) in [5.41, 5.74) is 7.73. The van der Waals surface area contributed by atoms with Crippen molar-refractivity contribution < 1.29 is 9.59 Å². The molecule has 25 heavy (non-hydrogen) atoms. The van der Waals surface area contributed by atoms with E-state index in [0.717, 1.165) is 5.69 Å². The average Bonchev–Trinajstić information content (AvgIpc) is 2.62. The molecule has 0 atom stereocenters. The van der Waals surface area contributed by atoms with E-state index in [-0.39, 0.29) is 11.8 Å². The smallest absolute Gasteiger partial charge is 0.254 e. The van der Waals surface area contributed by atoms with Crippen molar-refractivity contribution in [3.63, 3.8) is 0 Å². The lowest BCUT2D eigenvalue weighted by Crippen LogP contribution is -2.50. The number of carbonyl (C=O) groups is 2. The van der Waals surface area contributed by atoms with Crippen molar-refractivity contribution in [2.45, 2.75) is 0 Å². The van der Waals surface area contributed by atoms with Gasteiger partial charge in [0.2, 0.25) is 5.91 Å². The topological polar surface area (TPSA) is 78.7 Å². The van der Waals surface area contributed by atoms with Crippen molar-refractivity contribution in [2.24, 2.45) is 0 Å². The number of nitrogens with zero attached hydrogens (tertiary/aromatic N) is 2. The minimum Gasteiger partial charge on any atom is -0.399 e. The molecule has 0 saturated carbocycles. The largest absolute Gasteiger partial charge is 0.399 e. The summed E-state index contributed by atoms with van der Waals surface area (Å²) >= 11 is 0. The molecule has 6 heteroatoms. The molecule has 0 spiro atoms. The fourth-order valence-electron chi connectivity index (χ4n) is 2.89. The fraction of sp³-hybridized carbons (Fsp3) is 0.263. The predicted octanol–water partition coefficient (Wildman–Crippen LogP) is 1.67. The minimum atomic E-state index is -0.0400. The van der Waals surface area contributed by atoms with Crippen LogP contribution in [0.3, 0.4) is 0 Å². The molecule has 6 nitrogen and oxygen atoms in total. The van der Waals surface area contributed by atoms with Crippen molar-refractivity contribution >= 4 is 23.2 Å². The number of para-hydroxylation sites is 1. The molecule has 2 aromatic rings. The Morgan fingerprint density at radius 1 is 0.960 bits per heavy atom. The zero-order valence-corrected chi connectivity index (χ0v) is 14.0. The highest BCUT2D eigenvalue weighted by Crippen LogP contribution is 2.12. The second-order valence-electron chi connectivity index (χ2n) is 6.11. The number of hydrogen-bond donors (Lipinski definition) is 2. The molecule has 0 aromatic heterocycles. The highest BCUT2D eigenvalue weighted by atomic mass is 16.2. The standard InChI is InChI=1S/C19H22N4O2/c20-16-6-4-5-15(13-16)19(25)23-11-9-22(10-12-23)14-18(24)21-17-7-2-1-3-8-17/h1-8,13H,9-12,14,20H2,(H,21,24). The van der Waals surface area contributed by atoms with Gasteiger partial charge in [-0.25, -0.2) is 0 Å². The molecule has 1 aliphatic heterocycles. The van der Waals surface area contributed by atoms with E-state index >= 15 is 0 Å². The van der Waals surface area contributed by atoms with Gasteiger partial charge in [-0.1, -0.05) is 24.3 Å². The maximum atomic E-state index is 12.5. The molecule has 2 amide bonds. The van der Waals surface area contributed by atoms with Gasteiger partial charge < -0.3 is 16.0 Å². The van der Waals surface area contributed by atoms with Crippen LogP contribution in [-0.4, -0.2) is 54.3 Å². The number of carbonyl (C=O) groups excluding carboxylic acids is 2. The van der Waals surface area contributed by atoms with Crippen LogP contribution in [0.4, 0.5) is 11.4 Å². The Balaban J connectivity index is 1.48. The normalized spacial score (nSPS) is 15.0. The lowest BCUT2D eigenvalue weighted by Gasteiger charge is -2.34.